The molecule has 2 fully saturated rings. The van der Waals surface area contributed by atoms with E-state index in [1.54, 1.807) is 30.1 Å². The van der Waals surface area contributed by atoms with Gasteiger partial charge in [-0.15, -0.1) is 0 Å². The lowest BCUT2D eigenvalue weighted by molar-refractivity contribution is -0.117. The Kier molecular flexibility index (Phi) is 5.93. The Morgan fingerprint density at radius 2 is 2.15 bits per heavy atom. The van der Waals surface area contributed by atoms with Gasteiger partial charge in [0, 0.05) is 42.8 Å². The maximum Gasteiger partial charge on any atom is 0.267 e. The number of nitrogens with zero attached hydrogens (tertiary/aromatic N) is 3. The van der Waals surface area contributed by atoms with Crippen molar-refractivity contribution in [2.45, 2.75) is 19.3 Å². The monoisotopic (exact) mass is 464 g/mol. The molecule has 0 aromatic carbocycles. The minimum Gasteiger partial charge on any atom is -0.491 e. The van der Waals surface area contributed by atoms with E-state index in [4.69, 9.17) is 15.2 Å². The predicted octanol–water partition coefficient (Wildman–Crippen LogP) is 1.85. The van der Waals surface area contributed by atoms with E-state index < -0.39 is 5.91 Å². The first-order chi connectivity index (χ1) is 16.5. The summed E-state index contributed by atoms with van der Waals surface area (Å²) < 4.78 is 13.4. The second kappa shape index (κ2) is 9.03. The number of nitrogens with one attached hydrogen (secondary N) is 2. The van der Waals surface area contributed by atoms with Crippen molar-refractivity contribution in [1.82, 2.24) is 19.9 Å². The SMILES string of the molecule is COCC1(COc2cnc(C(N)=O)cc2-c2ccn3nc(NC(=O)C4CC4)cc3c2)CCNC1. The number of primary amides is 1. The van der Waals surface area contributed by atoms with Crippen LogP contribution in [0.5, 0.6) is 5.75 Å². The lowest BCUT2D eigenvalue weighted by Gasteiger charge is -2.27. The molecule has 1 unspecified atom stereocenters. The summed E-state index contributed by atoms with van der Waals surface area (Å²) in [5, 5.41) is 10.7. The summed E-state index contributed by atoms with van der Waals surface area (Å²) >= 11 is 0. The first kappa shape index (κ1) is 22.3. The van der Waals surface area contributed by atoms with Crippen LogP contribution >= 0.6 is 0 Å². The Bertz CT molecular complexity index is 1230. The van der Waals surface area contributed by atoms with Crippen LogP contribution in [0.1, 0.15) is 29.8 Å². The molecule has 1 aliphatic heterocycles. The minimum absolute atomic E-state index is 0.00550. The molecule has 10 heteroatoms. The van der Waals surface area contributed by atoms with Crippen LogP contribution < -0.4 is 21.1 Å². The number of pyridine rings is 2. The summed E-state index contributed by atoms with van der Waals surface area (Å²) in [6.45, 7) is 2.75. The molecule has 3 aromatic rings. The molecular weight excluding hydrogens is 436 g/mol. The van der Waals surface area contributed by atoms with Crippen molar-refractivity contribution in [3.05, 3.63) is 42.4 Å². The van der Waals surface area contributed by atoms with Crippen molar-refractivity contribution in [3.63, 3.8) is 0 Å². The number of carbonyl (C=O) groups excluding carboxylic acids is 2. The third-order valence-electron chi connectivity index (χ3n) is 6.41. The molecule has 34 heavy (non-hydrogen) atoms. The molecule has 1 saturated carbocycles. The molecule has 10 nitrogen and oxygen atoms in total. The van der Waals surface area contributed by atoms with E-state index in [2.05, 4.69) is 20.7 Å². The normalized spacial score (nSPS) is 19.9. The fourth-order valence-electron chi connectivity index (χ4n) is 4.34. The second-order valence-corrected chi connectivity index (χ2v) is 9.16. The summed E-state index contributed by atoms with van der Waals surface area (Å²) in [5.74, 6) is 0.553. The van der Waals surface area contributed by atoms with Crippen LogP contribution in [0.3, 0.4) is 0 Å². The van der Waals surface area contributed by atoms with Crippen LogP contribution in [0.15, 0.2) is 36.7 Å². The lowest BCUT2D eigenvalue weighted by Crippen LogP contribution is -2.35. The zero-order chi connectivity index (χ0) is 23.7. The van der Waals surface area contributed by atoms with Crippen molar-refractivity contribution in [1.29, 1.82) is 0 Å². The third-order valence-corrected chi connectivity index (χ3v) is 6.41. The van der Waals surface area contributed by atoms with Crippen molar-refractivity contribution in [2.75, 3.05) is 38.7 Å². The van der Waals surface area contributed by atoms with E-state index >= 15 is 0 Å². The molecule has 2 aliphatic rings. The van der Waals surface area contributed by atoms with Crippen LogP contribution in [-0.2, 0) is 9.53 Å². The first-order valence-electron chi connectivity index (χ1n) is 11.4. The van der Waals surface area contributed by atoms with E-state index in [1.807, 2.05) is 18.2 Å². The van der Waals surface area contributed by atoms with Gasteiger partial charge in [0.05, 0.1) is 24.9 Å². The molecule has 1 aliphatic carbocycles. The van der Waals surface area contributed by atoms with E-state index in [0.717, 1.165) is 43.4 Å². The van der Waals surface area contributed by atoms with Crippen molar-refractivity contribution in [2.24, 2.45) is 17.1 Å². The van der Waals surface area contributed by atoms with Gasteiger partial charge in [-0.1, -0.05) is 0 Å². The number of amides is 2. The molecular formula is C24H28N6O4. The van der Waals surface area contributed by atoms with Gasteiger partial charge in [0.1, 0.15) is 11.4 Å². The molecule has 0 radical (unpaired) electrons. The second-order valence-electron chi connectivity index (χ2n) is 9.16. The van der Waals surface area contributed by atoms with Crippen molar-refractivity contribution >= 4 is 23.1 Å². The number of anilines is 1. The fraction of sp³-hybridized carbons (Fsp3) is 0.417. The zero-order valence-corrected chi connectivity index (χ0v) is 19.0. The quantitative estimate of drug-likeness (QED) is 0.440. The Balaban J connectivity index is 1.45. The zero-order valence-electron chi connectivity index (χ0n) is 19.0. The molecule has 4 heterocycles. The number of methoxy groups -OCH3 is 1. The van der Waals surface area contributed by atoms with Crippen LogP contribution in [0.2, 0.25) is 0 Å². The number of fused-ring (bicyclic) bond motifs is 1. The number of nitrogens with two attached hydrogens (primary N) is 1. The molecule has 0 bridgehead atoms. The topological polar surface area (TPSA) is 133 Å². The highest BCUT2D eigenvalue weighted by atomic mass is 16.5. The van der Waals surface area contributed by atoms with Crippen molar-refractivity contribution in [3.8, 4) is 16.9 Å². The van der Waals surface area contributed by atoms with Crippen LogP contribution in [0, 0.1) is 11.3 Å². The van der Waals surface area contributed by atoms with E-state index in [1.165, 1.54) is 0 Å². The van der Waals surface area contributed by atoms with E-state index in [-0.39, 0.29) is 22.9 Å². The Morgan fingerprint density at radius 1 is 1.29 bits per heavy atom. The summed E-state index contributed by atoms with van der Waals surface area (Å²) in [4.78, 5) is 28.1. The highest BCUT2D eigenvalue weighted by Gasteiger charge is 2.35. The van der Waals surface area contributed by atoms with E-state index in [9.17, 15) is 9.59 Å². The Hall–Kier alpha value is -3.50. The highest BCUT2D eigenvalue weighted by molar-refractivity contribution is 5.94. The number of hydrogen-bond donors (Lipinski definition) is 3. The third kappa shape index (κ3) is 4.59. The van der Waals surface area contributed by atoms with Crippen LogP contribution in [0.25, 0.3) is 16.6 Å². The van der Waals surface area contributed by atoms with Crippen molar-refractivity contribution < 1.29 is 19.1 Å². The number of ether oxygens (including phenoxy) is 2. The largest absolute Gasteiger partial charge is 0.491 e. The maximum absolute atomic E-state index is 12.1. The Morgan fingerprint density at radius 3 is 2.85 bits per heavy atom. The predicted molar refractivity (Wildman–Crippen MR) is 126 cm³/mol. The van der Waals surface area contributed by atoms with Gasteiger partial charge in [-0.05, 0) is 49.6 Å². The van der Waals surface area contributed by atoms with Gasteiger partial charge < -0.3 is 25.8 Å². The number of hydrogen-bond acceptors (Lipinski definition) is 7. The van der Waals surface area contributed by atoms with E-state index in [0.29, 0.717) is 30.3 Å². The maximum atomic E-state index is 12.1. The number of carbonyl (C=O) groups is 2. The Labute approximate surface area is 196 Å². The average molecular weight is 465 g/mol. The molecule has 0 spiro atoms. The van der Waals surface area contributed by atoms with Gasteiger partial charge in [-0.2, -0.15) is 5.10 Å². The number of rotatable bonds is 9. The van der Waals surface area contributed by atoms with Gasteiger partial charge in [0.25, 0.3) is 5.91 Å². The van der Waals surface area contributed by atoms with Gasteiger partial charge in [0.15, 0.2) is 5.82 Å². The lowest BCUT2D eigenvalue weighted by atomic mass is 9.89. The highest BCUT2D eigenvalue weighted by Crippen LogP contribution is 2.34. The molecule has 1 saturated heterocycles. The summed E-state index contributed by atoms with van der Waals surface area (Å²) in [5.41, 5.74) is 7.84. The molecule has 1 atom stereocenters. The van der Waals surface area contributed by atoms with Gasteiger partial charge >= 0.3 is 0 Å². The standard InChI is InChI=1S/C24H28N6O4/c1-33-13-24(5-6-26-12-24)14-34-20-11-27-19(22(25)31)10-18(20)16-4-7-30-17(8-16)9-21(29-30)28-23(32)15-2-3-15/h4,7-11,15,26H,2-3,5-6,12-14H2,1H3,(H2,25,31)(H,28,29,32). The average Bonchev–Trinajstić information content (AvgIpc) is 3.46. The molecule has 2 amide bonds. The number of aromatic nitrogens is 3. The fourth-order valence-corrected chi connectivity index (χ4v) is 4.34. The van der Waals surface area contributed by atoms with Gasteiger partial charge in [-0.3, -0.25) is 9.59 Å². The minimum atomic E-state index is -0.612. The first-order valence-corrected chi connectivity index (χ1v) is 11.4. The molecule has 3 aromatic heterocycles. The summed E-state index contributed by atoms with van der Waals surface area (Å²) in [7, 11) is 1.69. The summed E-state index contributed by atoms with van der Waals surface area (Å²) in [6.07, 6.45) is 6.15. The summed E-state index contributed by atoms with van der Waals surface area (Å²) in [6, 6.07) is 7.26. The molecule has 178 valence electrons. The van der Waals surface area contributed by atoms with Gasteiger partial charge in [-0.25, -0.2) is 9.50 Å². The van der Waals surface area contributed by atoms with Gasteiger partial charge in [0.2, 0.25) is 5.91 Å². The van der Waals surface area contributed by atoms with Crippen LogP contribution in [0.4, 0.5) is 5.82 Å². The molecule has 5 rings (SSSR count). The van der Waals surface area contributed by atoms with Crippen LogP contribution in [-0.4, -0.2) is 59.8 Å². The molecule has 4 N–H and O–H groups in total. The smallest absolute Gasteiger partial charge is 0.267 e.